The van der Waals surface area contributed by atoms with Crippen LogP contribution in [0.2, 0.25) is 0 Å². The standard InChI is InChI=1S/C29H31N7O3/c1-18(37)17-39-23-9-24(29-25(11-30)33-34(2)26(29)10-23)20-5-6-27(31-13-20)35-15-21-8-22(16-35)36(21)14-19-4-7-28(38-3)32-12-19/h4-7,9-10,12-13,18,21-22,37H,8,14-17H2,1-3H3. The molecule has 10 nitrogen and oxygen atoms in total. The summed E-state index contributed by atoms with van der Waals surface area (Å²) in [5.41, 5.74) is 4.05. The molecule has 1 N–H and O–H groups in total. The van der Waals surface area contributed by atoms with Crippen molar-refractivity contribution in [3.63, 3.8) is 0 Å². The zero-order valence-electron chi connectivity index (χ0n) is 22.3. The number of piperidine rings is 1. The zero-order chi connectivity index (χ0) is 27.1. The molecule has 3 saturated heterocycles. The van der Waals surface area contributed by atoms with Crippen LogP contribution >= 0.6 is 0 Å². The van der Waals surface area contributed by atoms with Gasteiger partial charge in [-0.15, -0.1) is 0 Å². The summed E-state index contributed by atoms with van der Waals surface area (Å²) < 4.78 is 12.7. The van der Waals surface area contributed by atoms with Gasteiger partial charge in [-0.25, -0.2) is 9.97 Å². The lowest BCUT2D eigenvalue weighted by atomic mass is 9.87. The molecule has 0 saturated carbocycles. The van der Waals surface area contributed by atoms with Crippen molar-refractivity contribution >= 4 is 16.7 Å². The van der Waals surface area contributed by atoms with Gasteiger partial charge in [0.05, 0.1) is 18.7 Å². The van der Waals surface area contributed by atoms with E-state index in [4.69, 9.17) is 14.5 Å². The number of nitrogens with zero attached hydrogens (tertiary/aromatic N) is 7. The van der Waals surface area contributed by atoms with Gasteiger partial charge in [0.2, 0.25) is 5.88 Å². The normalized spacial score (nSPS) is 19.4. The summed E-state index contributed by atoms with van der Waals surface area (Å²) in [6.45, 7) is 4.61. The molecule has 3 unspecified atom stereocenters. The molecule has 10 heteroatoms. The van der Waals surface area contributed by atoms with Gasteiger partial charge in [0.1, 0.15) is 24.2 Å². The number of fused-ring (bicyclic) bond motifs is 3. The van der Waals surface area contributed by atoms with Crippen molar-refractivity contribution in [2.75, 3.05) is 31.7 Å². The van der Waals surface area contributed by atoms with E-state index >= 15 is 0 Å². The number of anilines is 1. The van der Waals surface area contributed by atoms with E-state index in [0.29, 0.717) is 29.4 Å². The maximum Gasteiger partial charge on any atom is 0.212 e. The summed E-state index contributed by atoms with van der Waals surface area (Å²) in [5.74, 6) is 2.19. The third kappa shape index (κ3) is 4.75. The Balaban J connectivity index is 1.21. The van der Waals surface area contributed by atoms with Crippen LogP contribution in [0.1, 0.15) is 24.6 Å². The van der Waals surface area contributed by atoms with Crippen LogP contribution in [0, 0.1) is 11.3 Å². The highest BCUT2D eigenvalue weighted by atomic mass is 16.5. The molecule has 6 heterocycles. The summed E-state index contributed by atoms with van der Waals surface area (Å²) in [6.07, 6.45) is 4.36. The summed E-state index contributed by atoms with van der Waals surface area (Å²) in [5, 5.41) is 24.6. The maximum absolute atomic E-state index is 9.72. The fourth-order valence-electron chi connectivity index (χ4n) is 5.67. The Bertz CT molecular complexity index is 1510. The van der Waals surface area contributed by atoms with E-state index in [1.54, 1.807) is 18.7 Å². The molecule has 3 aliphatic rings. The minimum atomic E-state index is -0.592. The number of piperazine rings is 1. The number of rotatable bonds is 8. The second-order valence-corrected chi connectivity index (χ2v) is 10.3. The van der Waals surface area contributed by atoms with Gasteiger partial charge in [-0.3, -0.25) is 9.58 Å². The number of aryl methyl sites for hydroxylation is 1. The Hall–Kier alpha value is -4.20. The first kappa shape index (κ1) is 25.1. The molecule has 7 rings (SSSR count). The Morgan fingerprint density at radius 3 is 2.59 bits per heavy atom. The van der Waals surface area contributed by atoms with Crippen LogP contribution in [0.5, 0.6) is 11.6 Å². The SMILES string of the molecule is COc1ccc(CN2C3CC2CN(c2ccc(-c4cc(OCC(C)O)cc5c4c(C#N)nn5C)cn2)C3)cn1. The second-order valence-electron chi connectivity index (χ2n) is 10.3. The highest BCUT2D eigenvalue weighted by Gasteiger charge is 2.44. The van der Waals surface area contributed by atoms with E-state index in [2.05, 4.69) is 38.1 Å². The van der Waals surface area contributed by atoms with Crippen LogP contribution in [0.15, 0.2) is 48.8 Å². The van der Waals surface area contributed by atoms with Gasteiger partial charge in [-0.2, -0.15) is 10.4 Å². The summed E-state index contributed by atoms with van der Waals surface area (Å²) >= 11 is 0. The Morgan fingerprint density at radius 2 is 1.95 bits per heavy atom. The number of aliphatic hydroxyl groups is 1. The summed E-state index contributed by atoms with van der Waals surface area (Å²) in [4.78, 5) is 14.1. The predicted octanol–water partition coefficient (Wildman–Crippen LogP) is 3.13. The smallest absolute Gasteiger partial charge is 0.212 e. The largest absolute Gasteiger partial charge is 0.491 e. The van der Waals surface area contributed by atoms with Crippen molar-refractivity contribution in [1.82, 2.24) is 24.6 Å². The number of nitriles is 1. The first-order chi connectivity index (χ1) is 18.9. The molecule has 3 atom stereocenters. The number of aromatic nitrogens is 4. The molecule has 2 bridgehead atoms. The molecule has 200 valence electrons. The van der Waals surface area contributed by atoms with E-state index in [1.807, 2.05) is 43.7 Å². The first-order valence-electron chi connectivity index (χ1n) is 13.1. The maximum atomic E-state index is 9.72. The Morgan fingerprint density at radius 1 is 1.13 bits per heavy atom. The molecule has 3 fully saturated rings. The van der Waals surface area contributed by atoms with Crippen molar-refractivity contribution in [1.29, 1.82) is 5.26 Å². The molecular formula is C29H31N7O3. The highest BCUT2D eigenvalue weighted by Crippen LogP contribution is 2.38. The Labute approximate surface area is 227 Å². The lowest BCUT2D eigenvalue weighted by Crippen LogP contribution is -2.68. The fourth-order valence-corrected chi connectivity index (χ4v) is 5.67. The number of ether oxygens (including phenoxy) is 2. The molecule has 39 heavy (non-hydrogen) atoms. The van der Waals surface area contributed by atoms with Crippen LogP contribution in [0.25, 0.3) is 22.0 Å². The minimum Gasteiger partial charge on any atom is -0.491 e. The molecular weight excluding hydrogens is 494 g/mol. The molecule has 1 aromatic carbocycles. The number of pyridine rings is 2. The lowest BCUT2D eigenvalue weighted by Gasteiger charge is -2.56. The topological polar surface area (TPSA) is 113 Å². The van der Waals surface area contributed by atoms with Crippen molar-refractivity contribution in [2.24, 2.45) is 7.05 Å². The summed E-state index contributed by atoms with van der Waals surface area (Å²) in [7, 11) is 3.44. The van der Waals surface area contributed by atoms with Gasteiger partial charge in [-0.1, -0.05) is 6.07 Å². The average Bonchev–Trinajstić information content (AvgIpc) is 3.30. The third-order valence-electron chi connectivity index (χ3n) is 7.62. The van der Waals surface area contributed by atoms with Crippen LogP contribution in [-0.4, -0.2) is 74.7 Å². The molecule has 3 aromatic heterocycles. The van der Waals surface area contributed by atoms with E-state index in [-0.39, 0.29) is 6.61 Å². The number of benzene rings is 1. The van der Waals surface area contributed by atoms with Gasteiger partial charge < -0.3 is 19.5 Å². The molecule has 0 spiro atoms. The molecule has 4 aromatic rings. The summed E-state index contributed by atoms with van der Waals surface area (Å²) in [6, 6.07) is 15.0. The number of hydrogen-bond donors (Lipinski definition) is 1. The molecule has 0 aliphatic carbocycles. The lowest BCUT2D eigenvalue weighted by molar-refractivity contribution is -0.00876. The van der Waals surface area contributed by atoms with Crippen LogP contribution in [0.3, 0.4) is 0 Å². The van der Waals surface area contributed by atoms with Gasteiger partial charge in [0, 0.05) is 74.2 Å². The number of methoxy groups -OCH3 is 1. The third-order valence-corrected chi connectivity index (χ3v) is 7.62. The van der Waals surface area contributed by atoms with Crippen molar-refractivity contribution in [3.8, 4) is 28.8 Å². The minimum absolute atomic E-state index is 0.175. The van der Waals surface area contributed by atoms with Crippen molar-refractivity contribution < 1.29 is 14.6 Å². The van der Waals surface area contributed by atoms with Crippen molar-refractivity contribution in [2.45, 2.75) is 38.1 Å². The monoisotopic (exact) mass is 525 g/mol. The highest BCUT2D eigenvalue weighted by molar-refractivity contribution is 5.99. The number of aliphatic hydroxyl groups excluding tert-OH is 1. The number of hydrogen-bond acceptors (Lipinski definition) is 9. The first-order valence-corrected chi connectivity index (χ1v) is 13.1. The van der Waals surface area contributed by atoms with E-state index in [9.17, 15) is 10.4 Å². The second kappa shape index (κ2) is 10.2. The van der Waals surface area contributed by atoms with Gasteiger partial charge in [0.25, 0.3) is 0 Å². The quantitative estimate of drug-likeness (QED) is 0.371. The van der Waals surface area contributed by atoms with Crippen LogP contribution in [0.4, 0.5) is 5.82 Å². The van der Waals surface area contributed by atoms with Crippen molar-refractivity contribution in [3.05, 3.63) is 60.0 Å². The predicted molar refractivity (Wildman–Crippen MR) is 147 cm³/mol. The zero-order valence-corrected chi connectivity index (χ0v) is 22.3. The molecule has 0 amide bonds. The van der Waals surface area contributed by atoms with Gasteiger partial charge in [-0.05, 0) is 42.7 Å². The Kier molecular flexibility index (Phi) is 6.54. The molecule has 3 aliphatic heterocycles. The van der Waals surface area contributed by atoms with E-state index in [0.717, 1.165) is 47.5 Å². The van der Waals surface area contributed by atoms with E-state index < -0.39 is 6.10 Å². The van der Waals surface area contributed by atoms with Gasteiger partial charge >= 0.3 is 0 Å². The van der Waals surface area contributed by atoms with Crippen LogP contribution in [-0.2, 0) is 13.6 Å². The average molecular weight is 526 g/mol. The van der Waals surface area contributed by atoms with E-state index in [1.165, 1.54) is 12.0 Å². The molecule has 0 radical (unpaired) electrons. The van der Waals surface area contributed by atoms with Gasteiger partial charge in [0.15, 0.2) is 5.69 Å². The van der Waals surface area contributed by atoms with Crippen LogP contribution < -0.4 is 14.4 Å². The fraction of sp³-hybridized carbons (Fsp3) is 0.379.